The molecule has 2 fully saturated rings. The van der Waals surface area contributed by atoms with Crippen LogP contribution >= 0.6 is 0 Å². The number of hydrogen-bond donors (Lipinski definition) is 1. The molecule has 138 valence electrons. The first-order valence-electron chi connectivity index (χ1n) is 9.89. The number of amides is 1. The van der Waals surface area contributed by atoms with Gasteiger partial charge in [-0.05, 0) is 32.6 Å². The number of hydrogen-bond acceptors (Lipinski definition) is 4. The van der Waals surface area contributed by atoms with Gasteiger partial charge in [-0.25, -0.2) is 4.98 Å². The van der Waals surface area contributed by atoms with Crippen molar-refractivity contribution in [3.05, 3.63) is 17.7 Å². The molecule has 1 amide bonds. The van der Waals surface area contributed by atoms with Gasteiger partial charge in [-0.3, -0.25) is 9.69 Å². The molecule has 2 aliphatic heterocycles. The maximum absolute atomic E-state index is 12.3. The van der Waals surface area contributed by atoms with Gasteiger partial charge in [0.25, 0.3) is 0 Å². The largest absolute Gasteiger partial charge is 0.381 e. The Morgan fingerprint density at radius 1 is 1.24 bits per heavy atom. The van der Waals surface area contributed by atoms with Crippen LogP contribution in [0.5, 0.6) is 0 Å². The fourth-order valence-corrected chi connectivity index (χ4v) is 4.68. The predicted octanol–water partition coefficient (Wildman–Crippen LogP) is 2.04. The van der Waals surface area contributed by atoms with Crippen LogP contribution in [0.4, 0.5) is 0 Å². The highest BCUT2D eigenvalue weighted by molar-refractivity contribution is 5.78. The van der Waals surface area contributed by atoms with Gasteiger partial charge >= 0.3 is 0 Å². The number of nitrogens with zero attached hydrogens (tertiary/aromatic N) is 3. The molecule has 1 aromatic rings. The van der Waals surface area contributed by atoms with Crippen LogP contribution in [0.1, 0.15) is 63.0 Å². The average molecular weight is 346 g/mol. The summed E-state index contributed by atoms with van der Waals surface area (Å²) in [6.45, 7) is 6.01. The maximum Gasteiger partial charge on any atom is 0.226 e. The van der Waals surface area contributed by atoms with Crippen LogP contribution in [-0.2, 0) is 22.5 Å². The van der Waals surface area contributed by atoms with E-state index in [0.29, 0.717) is 24.5 Å². The van der Waals surface area contributed by atoms with E-state index >= 15 is 0 Å². The molecule has 0 bridgehead atoms. The number of rotatable bonds is 4. The second-order valence-electron chi connectivity index (χ2n) is 7.77. The lowest BCUT2D eigenvalue weighted by molar-refractivity contribution is -0.121. The molecule has 4 rings (SSSR count). The molecule has 25 heavy (non-hydrogen) atoms. The van der Waals surface area contributed by atoms with E-state index in [9.17, 15) is 4.79 Å². The summed E-state index contributed by atoms with van der Waals surface area (Å²) in [6.07, 6.45) is 9.45. The zero-order chi connectivity index (χ0) is 17.2. The first kappa shape index (κ1) is 17.0. The van der Waals surface area contributed by atoms with Crippen LogP contribution in [0.2, 0.25) is 0 Å². The Bertz CT molecular complexity index is 603. The van der Waals surface area contributed by atoms with Gasteiger partial charge < -0.3 is 14.6 Å². The van der Waals surface area contributed by atoms with Gasteiger partial charge in [-0.15, -0.1) is 0 Å². The van der Waals surface area contributed by atoms with Gasteiger partial charge in [0.2, 0.25) is 5.91 Å². The van der Waals surface area contributed by atoms with E-state index in [1.54, 1.807) is 0 Å². The number of carbonyl (C=O) groups excluding carboxylic acids is 1. The third-order valence-corrected chi connectivity index (χ3v) is 6.05. The summed E-state index contributed by atoms with van der Waals surface area (Å²) in [5.41, 5.74) is 0.908. The number of ether oxygens (including phenoxy) is 1. The minimum absolute atomic E-state index is 0.122. The van der Waals surface area contributed by atoms with E-state index in [0.717, 1.165) is 63.5 Å². The van der Waals surface area contributed by atoms with Crippen molar-refractivity contribution < 1.29 is 9.53 Å². The summed E-state index contributed by atoms with van der Waals surface area (Å²) in [5.74, 6) is 1.23. The van der Waals surface area contributed by atoms with E-state index < -0.39 is 0 Å². The predicted molar refractivity (Wildman–Crippen MR) is 95.3 cm³/mol. The lowest BCUT2D eigenvalue weighted by Gasteiger charge is -2.41. The molecule has 1 aliphatic carbocycles. The molecule has 6 nitrogen and oxygen atoms in total. The third-order valence-electron chi connectivity index (χ3n) is 6.05. The van der Waals surface area contributed by atoms with Crippen molar-refractivity contribution in [2.24, 2.45) is 0 Å². The normalized spacial score (nSPS) is 25.9. The smallest absolute Gasteiger partial charge is 0.226 e. The van der Waals surface area contributed by atoms with Crippen LogP contribution in [0.3, 0.4) is 0 Å². The van der Waals surface area contributed by atoms with E-state index in [1.807, 2.05) is 0 Å². The number of imidazole rings is 1. The van der Waals surface area contributed by atoms with Gasteiger partial charge in [0.05, 0.1) is 18.2 Å². The Hall–Kier alpha value is -1.40. The molecule has 6 heteroatoms. The monoisotopic (exact) mass is 346 g/mol. The van der Waals surface area contributed by atoms with E-state index in [-0.39, 0.29) is 5.91 Å². The van der Waals surface area contributed by atoms with Gasteiger partial charge in [-0.1, -0.05) is 12.8 Å². The van der Waals surface area contributed by atoms with Gasteiger partial charge in [0.15, 0.2) is 0 Å². The summed E-state index contributed by atoms with van der Waals surface area (Å²) < 4.78 is 7.75. The lowest BCUT2D eigenvalue weighted by atomic mass is 10.0. The third kappa shape index (κ3) is 3.75. The van der Waals surface area contributed by atoms with Crippen molar-refractivity contribution in [3.8, 4) is 0 Å². The highest BCUT2D eigenvalue weighted by Gasteiger charge is 2.32. The zero-order valence-electron chi connectivity index (χ0n) is 15.2. The lowest BCUT2D eigenvalue weighted by Crippen LogP contribution is -2.45. The summed E-state index contributed by atoms with van der Waals surface area (Å²) in [5, 5.41) is 3.17. The Kier molecular flexibility index (Phi) is 5.08. The van der Waals surface area contributed by atoms with E-state index in [1.165, 1.54) is 12.8 Å². The van der Waals surface area contributed by atoms with Gasteiger partial charge in [-0.2, -0.15) is 0 Å². The van der Waals surface area contributed by atoms with Crippen LogP contribution in [0.25, 0.3) is 0 Å². The quantitative estimate of drug-likeness (QED) is 0.906. The fourth-order valence-electron chi connectivity index (χ4n) is 4.68. The van der Waals surface area contributed by atoms with Crippen LogP contribution in [-0.4, -0.2) is 52.2 Å². The average Bonchev–Trinajstić information content (AvgIpc) is 3.25. The van der Waals surface area contributed by atoms with Gasteiger partial charge in [0, 0.05) is 44.6 Å². The molecule has 1 saturated heterocycles. The Morgan fingerprint density at radius 2 is 2.00 bits per heavy atom. The number of fused-ring (bicyclic) bond motifs is 1. The molecule has 0 unspecified atom stereocenters. The molecule has 1 atom stereocenters. The molecule has 0 radical (unpaired) electrons. The van der Waals surface area contributed by atoms with Crippen molar-refractivity contribution >= 4 is 5.91 Å². The molecule has 1 N–H and O–H groups in total. The molecule has 0 aromatic carbocycles. The zero-order valence-corrected chi connectivity index (χ0v) is 15.2. The van der Waals surface area contributed by atoms with Crippen molar-refractivity contribution in [1.29, 1.82) is 0 Å². The Labute approximate surface area is 149 Å². The summed E-state index contributed by atoms with van der Waals surface area (Å²) in [7, 11) is 0. The fraction of sp³-hybridized carbons (Fsp3) is 0.789. The molecule has 1 aromatic heterocycles. The Balaban J connectivity index is 1.39. The summed E-state index contributed by atoms with van der Waals surface area (Å²) in [6, 6.07) is 1.29. The van der Waals surface area contributed by atoms with E-state index in [4.69, 9.17) is 9.72 Å². The first-order chi connectivity index (χ1) is 12.2. The van der Waals surface area contributed by atoms with Crippen LogP contribution in [0.15, 0.2) is 6.20 Å². The highest BCUT2D eigenvalue weighted by Crippen LogP contribution is 2.30. The Morgan fingerprint density at radius 3 is 2.76 bits per heavy atom. The first-order valence-corrected chi connectivity index (χ1v) is 9.89. The van der Waals surface area contributed by atoms with Crippen molar-refractivity contribution in [1.82, 2.24) is 19.8 Å². The number of carbonyl (C=O) groups is 1. The van der Waals surface area contributed by atoms with Crippen molar-refractivity contribution in [2.75, 3.05) is 19.8 Å². The topological polar surface area (TPSA) is 59.4 Å². The molecule has 3 aliphatic rings. The number of nitrogens with one attached hydrogen (secondary N) is 1. The molecule has 1 saturated carbocycles. The van der Waals surface area contributed by atoms with Gasteiger partial charge in [0.1, 0.15) is 5.82 Å². The SMILES string of the molecule is C[C@H]1c2nc(CC(=O)NC3CCCC3)cn2CCN1C1CCOCC1. The van der Waals surface area contributed by atoms with Crippen LogP contribution in [0, 0.1) is 0 Å². The minimum Gasteiger partial charge on any atom is -0.381 e. The minimum atomic E-state index is 0.122. The standard InChI is InChI=1S/C19H30N4O2/c1-14-19-21-16(12-18(24)20-15-4-2-3-5-15)13-22(19)8-9-23(14)17-6-10-25-11-7-17/h13-15,17H,2-12H2,1H3,(H,20,24)/t14-/m0/s1. The van der Waals surface area contributed by atoms with Crippen molar-refractivity contribution in [3.63, 3.8) is 0 Å². The second kappa shape index (κ2) is 7.46. The van der Waals surface area contributed by atoms with Crippen LogP contribution < -0.4 is 5.32 Å². The molecule has 3 heterocycles. The molecular weight excluding hydrogens is 316 g/mol. The summed E-state index contributed by atoms with van der Waals surface area (Å²) >= 11 is 0. The molecular formula is C19H30N4O2. The maximum atomic E-state index is 12.3. The van der Waals surface area contributed by atoms with E-state index in [2.05, 4.69) is 27.9 Å². The highest BCUT2D eigenvalue weighted by atomic mass is 16.5. The second-order valence-corrected chi connectivity index (χ2v) is 7.77. The number of aromatic nitrogens is 2. The summed E-state index contributed by atoms with van der Waals surface area (Å²) in [4.78, 5) is 19.7. The van der Waals surface area contributed by atoms with Crippen molar-refractivity contribution in [2.45, 2.75) is 76.5 Å². The molecule has 0 spiro atoms.